The van der Waals surface area contributed by atoms with Crippen LogP contribution in [0.25, 0.3) is 0 Å². The van der Waals surface area contributed by atoms with Crippen molar-refractivity contribution in [3.63, 3.8) is 0 Å². The molecule has 0 aliphatic heterocycles. The van der Waals surface area contributed by atoms with Crippen LogP contribution in [0.5, 0.6) is 0 Å². The van der Waals surface area contributed by atoms with Gasteiger partial charge < -0.3 is 0 Å². The average Bonchev–Trinajstić information content (AvgIpc) is 1.94. The fourth-order valence-corrected chi connectivity index (χ4v) is 0.591. The van der Waals surface area contributed by atoms with Crippen molar-refractivity contribution in [2.45, 2.75) is 47.0 Å². The van der Waals surface area contributed by atoms with E-state index >= 15 is 0 Å². The number of hydrogen-bond acceptors (Lipinski definition) is 0. The molecule has 0 rings (SSSR count). The van der Waals surface area contributed by atoms with Crippen molar-refractivity contribution in [3.8, 4) is 23.7 Å². The van der Waals surface area contributed by atoms with E-state index in [1.807, 2.05) is 0 Å². The Labute approximate surface area is 76.8 Å². The van der Waals surface area contributed by atoms with Gasteiger partial charge in [-0.05, 0) is 39.0 Å². The Bertz CT molecular complexity index is 219. The molecule has 0 aliphatic carbocycles. The Kier molecular flexibility index (Phi) is 5.31. The van der Waals surface area contributed by atoms with Gasteiger partial charge in [0, 0.05) is 11.8 Å². The summed E-state index contributed by atoms with van der Waals surface area (Å²) in [6.45, 7) is 8.44. The molecule has 0 saturated heterocycles. The molecule has 0 fully saturated rings. The molecule has 0 heteroatoms. The zero-order valence-corrected chi connectivity index (χ0v) is 8.62. The minimum Gasteiger partial charge on any atom is -0.0891 e. The van der Waals surface area contributed by atoms with Gasteiger partial charge in [-0.25, -0.2) is 0 Å². The molecule has 0 radical (unpaired) electrons. The molecule has 0 unspecified atom stereocenters. The summed E-state index contributed by atoms with van der Waals surface area (Å²) in [6, 6.07) is 0. The summed E-state index contributed by atoms with van der Waals surface area (Å²) in [7, 11) is 0. The predicted molar refractivity (Wildman–Crippen MR) is 54.5 cm³/mol. The Balaban J connectivity index is 3.74. The lowest BCUT2D eigenvalue weighted by Gasteiger charge is -2.05. The fourth-order valence-electron chi connectivity index (χ4n) is 0.591. The lowest BCUT2D eigenvalue weighted by molar-refractivity contribution is 0.571. The van der Waals surface area contributed by atoms with Crippen molar-refractivity contribution < 1.29 is 0 Å². The van der Waals surface area contributed by atoms with Crippen LogP contribution in [0.2, 0.25) is 0 Å². The summed E-state index contributed by atoms with van der Waals surface area (Å²) in [6.07, 6.45) is 3.38. The maximum atomic E-state index is 3.08. The second kappa shape index (κ2) is 5.73. The fraction of sp³-hybridized carbons (Fsp3) is 0.667. The highest BCUT2D eigenvalue weighted by Gasteiger charge is 2.02. The second-order valence-electron chi connectivity index (χ2n) is 3.91. The average molecular weight is 162 g/mol. The minimum atomic E-state index is 0.0828. The molecule has 0 amide bonds. The lowest BCUT2D eigenvalue weighted by Crippen LogP contribution is -1.98. The van der Waals surface area contributed by atoms with E-state index in [0.717, 1.165) is 6.42 Å². The highest BCUT2D eigenvalue weighted by Crippen LogP contribution is 2.09. The van der Waals surface area contributed by atoms with Gasteiger partial charge in [-0.2, -0.15) is 0 Å². The van der Waals surface area contributed by atoms with Crippen LogP contribution in [0.15, 0.2) is 0 Å². The van der Waals surface area contributed by atoms with E-state index in [1.165, 1.54) is 12.8 Å². The monoisotopic (exact) mass is 162 g/mol. The third-order valence-electron chi connectivity index (χ3n) is 1.24. The summed E-state index contributed by atoms with van der Waals surface area (Å²) in [5, 5.41) is 0. The van der Waals surface area contributed by atoms with E-state index < -0.39 is 0 Å². The van der Waals surface area contributed by atoms with E-state index in [9.17, 15) is 0 Å². The SMILES string of the molecule is CCCCC#CC#CC(C)(C)C. The Hall–Kier alpha value is -0.880. The summed E-state index contributed by atoms with van der Waals surface area (Å²) in [5.74, 6) is 11.8. The van der Waals surface area contributed by atoms with Gasteiger partial charge in [0.2, 0.25) is 0 Å². The van der Waals surface area contributed by atoms with Crippen LogP contribution >= 0.6 is 0 Å². The maximum Gasteiger partial charge on any atom is 0.0240 e. The minimum absolute atomic E-state index is 0.0828. The van der Waals surface area contributed by atoms with Gasteiger partial charge >= 0.3 is 0 Å². The summed E-state index contributed by atoms with van der Waals surface area (Å²) in [5.41, 5.74) is 0.0828. The van der Waals surface area contributed by atoms with Crippen LogP contribution < -0.4 is 0 Å². The molecule has 0 nitrogen and oxygen atoms in total. The van der Waals surface area contributed by atoms with Crippen LogP contribution in [-0.2, 0) is 0 Å². The molecule has 0 aromatic heterocycles. The standard InChI is InChI=1S/C12H18/c1-5-6-7-8-9-10-11-12(2,3)4/h5-7H2,1-4H3. The molecule has 0 heterocycles. The van der Waals surface area contributed by atoms with Gasteiger partial charge in [-0.3, -0.25) is 0 Å². The maximum absolute atomic E-state index is 3.08. The Morgan fingerprint density at radius 2 is 1.75 bits per heavy atom. The molecule has 0 aliphatic rings. The third-order valence-corrected chi connectivity index (χ3v) is 1.24. The van der Waals surface area contributed by atoms with Gasteiger partial charge in [0.15, 0.2) is 0 Å². The van der Waals surface area contributed by atoms with Crippen LogP contribution in [0.1, 0.15) is 47.0 Å². The van der Waals surface area contributed by atoms with Crippen molar-refractivity contribution in [2.75, 3.05) is 0 Å². The Morgan fingerprint density at radius 3 is 2.25 bits per heavy atom. The predicted octanol–water partition coefficient (Wildman–Crippen LogP) is 3.23. The molecule has 0 bridgehead atoms. The number of rotatable bonds is 2. The summed E-state index contributed by atoms with van der Waals surface area (Å²) < 4.78 is 0. The van der Waals surface area contributed by atoms with Gasteiger partial charge in [0.1, 0.15) is 0 Å². The van der Waals surface area contributed by atoms with Crippen LogP contribution in [0.3, 0.4) is 0 Å². The van der Waals surface area contributed by atoms with Gasteiger partial charge in [0.25, 0.3) is 0 Å². The van der Waals surface area contributed by atoms with Crippen molar-refractivity contribution in [3.05, 3.63) is 0 Å². The quantitative estimate of drug-likeness (QED) is 0.432. The topological polar surface area (TPSA) is 0 Å². The van der Waals surface area contributed by atoms with Crippen molar-refractivity contribution in [1.29, 1.82) is 0 Å². The first-order valence-corrected chi connectivity index (χ1v) is 4.56. The first kappa shape index (κ1) is 11.1. The molecule has 0 aromatic carbocycles. The van der Waals surface area contributed by atoms with E-state index in [-0.39, 0.29) is 5.41 Å². The van der Waals surface area contributed by atoms with Crippen LogP contribution in [0, 0.1) is 29.1 Å². The van der Waals surface area contributed by atoms with E-state index in [0.29, 0.717) is 0 Å². The molecule has 66 valence electrons. The van der Waals surface area contributed by atoms with E-state index in [4.69, 9.17) is 0 Å². The van der Waals surface area contributed by atoms with E-state index in [2.05, 4.69) is 51.4 Å². The first-order valence-electron chi connectivity index (χ1n) is 4.56. The number of unbranched alkanes of at least 4 members (excludes halogenated alkanes) is 2. The summed E-state index contributed by atoms with van der Waals surface area (Å²) >= 11 is 0. The van der Waals surface area contributed by atoms with Crippen molar-refractivity contribution >= 4 is 0 Å². The van der Waals surface area contributed by atoms with Crippen molar-refractivity contribution in [1.82, 2.24) is 0 Å². The second-order valence-corrected chi connectivity index (χ2v) is 3.91. The third kappa shape index (κ3) is 9.12. The zero-order chi connectivity index (χ0) is 9.45. The Morgan fingerprint density at radius 1 is 1.08 bits per heavy atom. The van der Waals surface area contributed by atoms with Crippen LogP contribution in [-0.4, -0.2) is 0 Å². The molecular weight excluding hydrogens is 144 g/mol. The van der Waals surface area contributed by atoms with Gasteiger partial charge in [-0.1, -0.05) is 25.2 Å². The van der Waals surface area contributed by atoms with Crippen molar-refractivity contribution in [2.24, 2.45) is 5.41 Å². The molecule has 0 spiro atoms. The van der Waals surface area contributed by atoms with E-state index in [1.54, 1.807) is 0 Å². The lowest BCUT2D eigenvalue weighted by atomic mass is 9.98. The zero-order valence-electron chi connectivity index (χ0n) is 8.62. The van der Waals surface area contributed by atoms with Gasteiger partial charge in [0.05, 0.1) is 0 Å². The van der Waals surface area contributed by atoms with Gasteiger partial charge in [-0.15, -0.1) is 0 Å². The number of hydrogen-bond donors (Lipinski definition) is 0. The highest BCUT2D eigenvalue weighted by atomic mass is 14.0. The molecular formula is C12H18. The smallest absolute Gasteiger partial charge is 0.0240 e. The molecule has 0 saturated carbocycles. The summed E-state index contributed by atoms with van der Waals surface area (Å²) in [4.78, 5) is 0. The molecule has 12 heavy (non-hydrogen) atoms. The molecule has 0 atom stereocenters. The molecule has 0 aromatic rings. The van der Waals surface area contributed by atoms with Crippen LogP contribution in [0.4, 0.5) is 0 Å². The normalized spacial score (nSPS) is 9.33. The largest absolute Gasteiger partial charge is 0.0891 e. The highest BCUT2D eigenvalue weighted by molar-refractivity contribution is 5.27. The molecule has 0 N–H and O–H groups in total. The first-order chi connectivity index (χ1) is 5.56.